The summed E-state index contributed by atoms with van der Waals surface area (Å²) in [5, 5.41) is 14.7. The number of ether oxygens (including phenoxy) is 1. The minimum Gasteiger partial charge on any atom is -0.495 e. The Bertz CT molecular complexity index is 1590. The van der Waals surface area contributed by atoms with Crippen molar-refractivity contribution in [3.63, 3.8) is 0 Å². The third-order valence-corrected chi connectivity index (χ3v) is 9.02. The molecule has 0 spiro atoms. The Kier molecular flexibility index (Phi) is 10.6. The molecule has 1 fully saturated rings. The fourth-order valence-corrected chi connectivity index (χ4v) is 6.32. The van der Waals surface area contributed by atoms with Crippen LogP contribution in [-0.4, -0.2) is 62.0 Å². The van der Waals surface area contributed by atoms with Gasteiger partial charge in [-0.25, -0.2) is 8.42 Å². The molecule has 11 nitrogen and oxygen atoms in total. The molecule has 1 saturated carbocycles. The maximum absolute atomic E-state index is 14.3. The summed E-state index contributed by atoms with van der Waals surface area (Å²) < 4.78 is 32.4. The van der Waals surface area contributed by atoms with Gasteiger partial charge in [-0.3, -0.25) is 24.0 Å². The van der Waals surface area contributed by atoms with E-state index in [0.29, 0.717) is 0 Å². The Labute approximate surface area is 258 Å². The van der Waals surface area contributed by atoms with Gasteiger partial charge in [0.1, 0.15) is 24.0 Å². The molecule has 1 aliphatic carbocycles. The van der Waals surface area contributed by atoms with Gasteiger partial charge in [0.25, 0.3) is 5.69 Å². The van der Waals surface area contributed by atoms with Crippen molar-refractivity contribution < 1.29 is 27.7 Å². The average Bonchev–Trinajstić information content (AvgIpc) is 3.51. The number of sulfonamides is 1. The smallest absolute Gasteiger partial charge is 0.271 e. The van der Waals surface area contributed by atoms with Crippen LogP contribution in [0.5, 0.6) is 5.75 Å². The fourth-order valence-electron chi connectivity index (χ4n) is 5.47. The van der Waals surface area contributed by atoms with E-state index < -0.39 is 33.4 Å². The van der Waals surface area contributed by atoms with Crippen LogP contribution in [0.4, 0.5) is 11.4 Å². The maximum atomic E-state index is 14.3. The predicted molar refractivity (Wildman–Crippen MR) is 168 cm³/mol. The molecule has 1 unspecified atom stereocenters. The summed E-state index contributed by atoms with van der Waals surface area (Å²) in [5.41, 5.74) is 2.02. The van der Waals surface area contributed by atoms with Crippen molar-refractivity contribution in [2.45, 2.75) is 57.7 Å². The van der Waals surface area contributed by atoms with E-state index in [4.69, 9.17) is 4.74 Å². The molecule has 44 heavy (non-hydrogen) atoms. The van der Waals surface area contributed by atoms with Gasteiger partial charge >= 0.3 is 0 Å². The second-order valence-electron chi connectivity index (χ2n) is 11.0. The Morgan fingerprint density at radius 2 is 1.70 bits per heavy atom. The molecule has 0 radical (unpaired) electrons. The number of methoxy groups -OCH3 is 1. The lowest BCUT2D eigenvalue weighted by molar-refractivity contribution is -0.384. The summed E-state index contributed by atoms with van der Waals surface area (Å²) in [4.78, 5) is 40.6. The zero-order valence-corrected chi connectivity index (χ0v) is 26.0. The molecule has 0 aliphatic heterocycles. The minimum atomic E-state index is -4.14. The number of nitro groups is 1. The number of benzene rings is 3. The number of nitrogens with zero attached hydrogens (tertiary/aromatic N) is 3. The van der Waals surface area contributed by atoms with Gasteiger partial charge in [0.2, 0.25) is 21.8 Å². The number of nitro benzene ring substituents is 1. The Balaban J connectivity index is 1.79. The summed E-state index contributed by atoms with van der Waals surface area (Å²) >= 11 is 0. The molecule has 2 amide bonds. The lowest BCUT2D eigenvalue weighted by Gasteiger charge is -2.34. The molecular formula is C32H38N4O7S. The number of anilines is 1. The summed E-state index contributed by atoms with van der Waals surface area (Å²) in [6.07, 6.45) is 4.84. The van der Waals surface area contributed by atoms with E-state index in [1.807, 2.05) is 61.5 Å². The van der Waals surface area contributed by atoms with Crippen molar-refractivity contribution in [3.8, 4) is 5.75 Å². The van der Waals surface area contributed by atoms with Crippen LogP contribution in [-0.2, 0) is 32.6 Å². The van der Waals surface area contributed by atoms with E-state index in [9.17, 15) is 28.1 Å². The molecule has 0 heterocycles. The predicted octanol–water partition coefficient (Wildman–Crippen LogP) is 4.38. The van der Waals surface area contributed by atoms with E-state index in [1.165, 1.54) is 24.1 Å². The Morgan fingerprint density at radius 1 is 1.05 bits per heavy atom. The SMILES string of the molecule is COc1ccc([N+](=O)[O-])cc1N(CC(=O)N(Cc1ccccc1C)C(Cc1ccccc1)C(=O)NC1CCCC1)S(C)(=O)=O. The van der Waals surface area contributed by atoms with Gasteiger partial charge in [-0.15, -0.1) is 0 Å². The molecule has 4 rings (SSSR count). The van der Waals surface area contributed by atoms with Crippen molar-refractivity contribution in [1.29, 1.82) is 0 Å². The number of rotatable bonds is 13. The largest absolute Gasteiger partial charge is 0.495 e. The molecule has 0 aromatic heterocycles. The summed E-state index contributed by atoms with van der Waals surface area (Å²) in [5.74, 6) is -0.921. The molecule has 1 aliphatic rings. The van der Waals surface area contributed by atoms with Crippen LogP contribution >= 0.6 is 0 Å². The highest BCUT2D eigenvalue weighted by Crippen LogP contribution is 2.34. The summed E-state index contributed by atoms with van der Waals surface area (Å²) in [7, 11) is -2.84. The first-order valence-electron chi connectivity index (χ1n) is 14.5. The quantitative estimate of drug-likeness (QED) is 0.221. The first-order chi connectivity index (χ1) is 21.0. The van der Waals surface area contributed by atoms with Crippen LogP contribution in [0, 0.1) is 17.0 Å². The Hall–Kier alpha value is -4.45. The van der Waals surface area contributed by atoms with E-state index in [1.54, 1.807) is 0 Å². The Morgan fingerprint density at radius 3 is 2.32 bits per heavy atom. The number of carbonyl (C=O) groups excluding carboxylic acids is 2. The van der Waals surface area contributed by atoms with Gasteiger partial charge in [-0.1, -0.05) is 67.4 Å². The van der Waals surface area contributed by atoms with Crippen LogP contribution in [0.15, 0.2) is 72.8 Å². The fraction of sp³-hybridized carbons (Fsp3) is 0.375. The molecule has 0 bridgehead atoms. The highest BCUT2D eigenvalue weighted by atomic mass is 32.2. The molecule has 0 saturated heterocycles. The van der Waals surface area contributed by atoms with E-state index in [0.717, 1.165) is 59.0 Å². The van der Waals surface area contributed by atoms with Crippen LogP contribution in [0.3, 0.4) is 0 Å². The van der Waals surface area contributed by atoms with Gasteiger partial charge in [0.05, 0.1) is 18.3 Å². The van der Waals surface area contributed by atoms with Gasteiger partial charge in [0, 0.05) is 31.1 Å². The highest BCUT2D eigenvalue weighted by Gasteiger charge is 2.35. The first kappa shape index (κ1) is 32.5. The zero-order valence-electron chi connectivity index (χ0n) is 25.1. The third kappa shape index (κ3) is 8.13. The number of hydrogen-bond acceptors (Lipinski definition) is 7. The molecule has 1 N–H and O–H groups in total. The topological polar surface area (TPSA) is 139 Å². The molecule has 12 heteroatoms. The summed E-state index contributed by atoms with van der Waals surface area (Å²) in [6.45, 7) is 1.24. The number of nitrogens with one attached hydrogen (secondary N) is 1. The van der Waals surface area contributed by atoms with E-state index in [2.05, 4.69) is 5.32 Å². The molecular weight excluding hydrogens is 584 g/mol. The van der Waals surface area contributed by atoms with Crippen LogP contribution < -0.4 is 14.4 Å². The average molecular weight is 623 g/mol. The number of hydrogen-bond donors (Lipinski definition) is 1. The number of carbonyl (C=O) groups is 2. The second kappa shape index (κ2) is 14.3. The van der Waals surface area contributed by atoms with Crippen molar-refractivity contribution >= 4 is 33.2 Å². The van der Waals surface area contributed by atoms with Crippen LogP contribution in [0.1, 0.15) is 42.4 Å². The van der Waals surface area contributed by atoms with Gasteiger partial charge in [-0.2, -0.15) is 0 Å². The van der Waals surface area contributed by atoms with Crippen molar-refractivity contribution in [2.24, 2.45) is 0 Å². The zero-order chi connectivity index (χ0) is 31.9. The normalized spacial score (nSPS) is 14.1. The first-order valence-corrected chi connectivity index (χ1v) is 16.3. The standard InChI is InChI=1S/C32H38N4O7S/c1-23-11-7-8-14-25(23)21-34(29(19-24-12-5-4-6-13-24)32(38)33-26-15-9-10-16-26)31(37)22-35(44(3,41)42)28-20-27(36(39)40)17-18-30(28)43-2/h4-8,11-14,17-18,20,26,29H,9-10,15-16,19,21-22H2,1-3H3,(H,33,38). The molecule has 3 aromatic rings. The summed E-state index contributed by atoms with van der Waals surface area (Å²) in [6, 6.07) is 19.4. The van der Waals surface area contributed by atoms with Crippen molar-refractivity contribution in [2.75, 3.05) is 24.2 Å². The van der Waals surface area contributed by atoms with Crippen LogP contribution in [0.25, 0.3) is 0 Å². The highest BCUT2D eigenvalue weighted by molar-refractivity contribution is 7.92. The molecule has 234 valence electrons. The number of aryl methyl sites for hydroxylation is 1. The van der Waals surface area contributed by atoms with E-state index >= 15 is 0 Å². The van der Waals surface area contributed by atoms with E-state index in [-0.39, 0.29) is 42.0 Å². The molecule has 1 atom stereocenters. The molecule has 3 aromatic carbocycles. The maximum Gasteiger partial charge on any atom is 0.271 e. The minimum absolute atomic E-state index is 0.00201. The lowest BCUT2D eigenvalue weighted by Crippen LogP contribution is -2.54. The van der Waals surface area contributed by atoms with Gasteiger partial charge in [0.15, 0.2) is 0 Å². The van der Waals surface area contributed by atoms with Crippen LogP contribution in [0.2, 0.25) is 0 Å². The monoisotopic (exact) mass is 622 g/mol. The third-order valence-electron chi connectivity index (χ3n) is 7.90. The van der Waals surface area contributed by atoms with Crippen molar-refractivity contribution in [1.82, 2.24) is 10.2 Å². The van der Waals surface area contributed by atoms with Crippen molar-refractivity contribution in [3.05, 3.63) is 99.6 Å². The number of non-ortho nitro benzene ring substituents is 1. The number of amides is 2. The second-order valence-corrected chi connectivity index (χ2v) is 12.9. The lowest BCUT2D eigenvalue weighted by atomic mass is 10.0. The van der Waals surface area contributed by atoms with Gasteiger partial charge < -0.3 is 15.0 Å². The van der Waals surface area contributed by atoms with Gasteiger partial charge in [-0.05, 0) is 42.5 Å².